The van der Waals surface area contributed by atoms with Crippen molar-refractivity contribution in [2.45, 2.75) is 57.4 Å². The highest BCUT2D eigenvalue weighted by Gasteiger charge is 2.30. The van der Waals surface area contributed by atoms with Crippen molar-refractivity contribution in [1.29, 1.82) is 0 Å². The average Bonchev–Trinajstić information content (AvgIpc) is 3.47. The highest BCUT2D eigenvalue weighted by Crippen LogP contribution is 2.39. The predicted octanol–water partition coefficient (Wildman–Crippen LogP) is 3.84. The fraction of sp³-hybridized carbons (Fsp3) is 0.348. The summed E-state index contributed by atoms with van der Waals surface area (Å²) >= 11 is 0. The number of aromatic nitrogens is 2. The number of benzene rings is 2. The standard InChI is InChI=1S/C23H26N4O4S/c1-13-6-10-19(11-15(13)3)24-22(28)16(4)27-32(29,30)20-12-18(7-5-14(20)2)21-25-23(31-26-21)17-8-9-17/h5-7,10-12,16-17,27H,8-9H2,1-4H3,(H,24,28). The Morgan fingerprint density at radius 2 is 1.78 bits per heavy atom. The zero-order valence-electron chi connectivity index (χ0n) is 18.5. The van der Waals surface area contributed by atoms with Crippen LogP contribution in [-0.2, 0) is 14.8 Å². The van der Waals surface area contributed by atoms with Crippen molar-refractivity contribution in [3.05, 3.63) is 59.0 Å². The van der Waals surface area contributed by atoms with Gasteiger partial charge in [-0.05, 0) is 75.4 Å². The van der Waals surface area contributed by atoms with Crippen LogP contribution in [0.3, 0.4) is 0 Å². The quantitative estimate of drug-likeness (QED) is 0.561. The summed E-state index contributed by atoms with van der Waals surface area (Å²) in [6.45, 7) is 7.14. The number of nitrogens with zero attached hydrogens (tertiary/aromatic N) is 2. The summed E-state index contributed by atoms with van der Waals surface area (Å²) in [5.74, 6) is 0.796. The SMILES string of the molecule is Cc1ccc(NC(=O)C(C)NS(=O)(=O)c2cc(-c3noc(C4CC4)n3)ccc2C)cc1C. The summed E-state index contributed by atoms with van der Waals surface area (Å²) in [4.78, 5) is 17.0. The maximum Gasteiger partial charge on any atom is 0.242 e. The van der Waals surface area contributed by atoms with Gasteiger partial charge in [0.1, 0.15) is 0 Å². The molecule has 0 spiro atoms. The molecule has 1 aliphatic rings. The van der Waals surface area contributed by atoms with Crippen molar-refractivity contribution in [2.24, 2.45) is 0 Å². The number of anilines is 1. The number of amides is 1. The summed E-state index contributed by atoms with van der Waals surface area (Å²) in [7, 11) is -3.97. The van der Waals surface area contributed by atoms with Gasteiger partial charge in [-0.25, -0.2) is 8.42 Å². The molecule has 1 fully saturated rings. The smallest absolute Gasteiger partial charge is 0.242 e. The number of aryl methyl sites for hydroxylation is 3. The second kappa shape index (κ2) is 8.48. The van der Waals surface area contributed by atoms with Gasteiger partial charge >= 0.3 is 0 Å². The topological polar surface area (TPSA) is 114 Å². The van der Waals surface area contributed by atoms with E-state index in [0.717, 1.165) is 24.0 Å². The van der Waals surface area contributed by atoms with E-state index < -0.39 is 22.0 Å². The molecule has 0 aliphatic heterocycles. The molecule has 3 aromatic rings. The Morgan fingerprint density at radius 3 is 2.47 bits per heavy atom. The van der Waals surface area contributed by atoms with Crippen molar-refractivity contribution in [3.8, 4) is 11.4 Å². The zero-order valence-corrected chi connectivity index (χ0v) is 19.3. The molecule has 2 aromatic carbocycles. The van der Waals surface area contributed by atoms with Gasteiger partial charge in [-0.3, -0.25) is 4.79 Å². The van der Waals surface area contributed by atoms with Gasteiger partial charge in [0.2, 0.25) is 27.6 Å². The Balaban J connectivity index is 1.51. The molecule has 0 radical (unpaired) electrons. The maximum atomic E-state index is 13.1. The molecule has 8 nitrogen and oxygen atoms in total. The lowest BCUT2D eigenvalue weighted by Gasteiger charge is -2.16. The van der Waals surface area contributed by atoms with E-state index in [0.29, 0.717) is 34.4 Å². The second-order valence-corrected chi connectivity index (χ2v) is 10.0. The molecular weight excluding hydrogens is 428 g/mol. The first-order chi connectivity index (χ1) is 15.1. The van der Waals surface area contributed by atoms with Crippen LogP contribution in [0.1, 0.15) is 48.3 Å². The van der Waals surface area contributed by atoms with E-state index in [1.54, 1.807) is 25.1 Å². The lowest BCUT2D eigenvalue weighted by Crippen LogP contribution is -2.41. The largest absolute Gasteiger partial charge is 0.339 e. The third-order valence-corrected chi connectivity index (χ3v) is 7.29. The maximum absolute atomic E-state index is 13.1. The first-order valence-corrected chi connectivity index (χ1v) is 12.0. The molecule has 1 saturated carbocycles. The van der Waals surface area contributed by atoms with Crippen molar-refractivity contribution in [1.82, 2.24) is 14.9 Å². The van der Waals surface area contributed by atoms with E-state index >= 15 is 0 Å². The van der Waals surface area contributed by atoms with Crippen LogP contribution in [0, 0.1) is 20.8 Å². The van der Waals surface area contributed by atoms with Gasteiger partial charge in [0, 0.05) is 17.2 Å². The van der Waals surface area contributed by atoms with Gasteiger partial charge < -0.3 is 9.84 Å². The third kappa shape index (κ3) is 4.73. The Morgan fingerprint density at radius 1 is 1.06 bits per heavy atom. The van der Waals surface area contributed by atoms with Crippen molar-refractivity contribution in [2.75, 3.05) is 5.32 Å². The molecule has 1 aromatic heterocycles. The van der Waals surface area contributed by atoms with Crippen molar-refractivity contribution >= 4 is 21.6 Å². The molecule has 1 heterocycles. The normalized spacial score (nSPS) is 14.9. The van der Waals surface area contributed by atoms with Gasteiger partial charge in [0.25, 0.3) is 0 Å². The number of carbonyl (C=O) groups is 1. The van der Waals surface area contributed by atoms with Crippen LogP contribution < -0.4 is 10.0 Å². The number of sulfonamides is 1. The fourth-order valence-electron chi connectivity index (χ4n) is 3.30. The van der Waals surface area contributed by atoms with Crippen LogP contribution in [-0.4, -0.2) is 30.5 Å². The molecule has 1 unspecified atom stereocenters. The van der Waals surface area contributed by atoms with Gasteiger partial charge in [-0.15, -0.1) is 0 Å². The predicted molar refractivity (Wildman–Crippen MR) is 121 cm³/mol. The van der Waals surface area contributed by atoms with E-state index in [2.05, 4.69) is 20.2 Å². The third-order valence-electron chi connectivity index (χ3n) is 5.60. The second-order valence-electron chi connectivity index (χ2n) is 8.34. The van der Waals surface area contributed by atoms with Crippen molar-refractivity contribution in [3.63, 3.8) is 0 Å². The van der Waals surface area contributed by atoms with Crippen LogP contribution >= 0.6 is 0 Å². The van der Waals surface area contributed by atoms with E-state index in [4.69, 9.17) is 4.52 Å². The molecule has 1 amide bonds. The molecule has 1 atom stereocenters. The minimum Gasteiger partial charge on any atom is -0.339 e. The molecular formula is C23H26N4O4S. The highest BCUT2D eigenvalue weighted by atomic mass is 32.2. The van der Waals surface area contributed by atoms with Crippen LogP contribution in [0.4, 0.5) is 5.69 Å². The lowest BCUT2D eigenvalue weighted by molar-refractivity contribution is -0.117. The molecule has 168 valence electrons. The molecule has 32 heavy (non-hydrogen) atoms. The van der Waals surface area contributed by atoms with Gasteiger partial charge in [-0.2, -0.15) is 9.71 Å². The summed E-state index contributed by atoms with van der Waals surface area (Å²) in [6, 6.07) is 9.52. The number of rotatable bonds is 7. The minimum absolute atomic E-state index is 0.0682. The van der Waals surface area contributed by atoms with E-state index in [1.165, 1.54) is 13.0 Å². The Bertz CT molecular complexity index is 1280. The fourth-order valence-corrected chi connectivity index (χ4v) is 4.77. The van der Waals surface area contributed by atoms with Crippen LogP contribution in [0.15, 0.2) is 45.8 Å². The Hall–Kier alpha value is -3.04. The Kier molecular flexibility index (Phi) is 5.87. The van der Waals surface area contributed by atoms with Crippen LogP contribution in [0.25, 0.3) is 11.4 Å². The summed E-state index contributed by atoms with van der Waals surface area (Å²) < 4.78 is 33.9. The Labute approximate surface area is 187 Å². The van der Waals surface area contributed by atoms with Gasteiger partial charge in [0.15, 0.2) is 0 Å². The molecule has 2 N–H and O–H groups in total. The summed E-state index contributed by atoms with van der Waals surface area (Å²) in [6.07, 6.45) is 2.06. The molecule has 4 rings (SSSR count). The molecule has 0 saturated heterocycles. The molecule has 9 heteroatoms. The first-order valence-electron chi connectivity index (χ1n) is 10.5. The van der Waals surface area contributed by atoms with Crippen molar-refractivity contribution < 1.29 is 17.7 Å². The summed E-state index contributed by atoms with van der Waals surface area (Å²) in [5.41, 5.74) is 3.85. The van der Waals surface area contributed by atoms with Crippen LogP contribution in [0.2, 0.25) is 0 Å². The molecule has 1 aliphatic carbocycles. The number of carbonyl (C=O) groups excluding carboxylic acids is 1. The van der Waals surface area contributed by atoms with E-state index in [1.807, 2.05) is 26.0 Å². The monoisotopic (exact) mass is 454 g/mol. The number of hydrogen-bond donors (Lipinski definition) is 2. The van der Waals surface area contributed by atoms with E-state index in [9.17, 15) is 13.2 Å². The van der Waals surface area contributed by atoms with Gasteiger partial charge in [-0.1, -0.05) is 23.4 Å². The highest BCUT2D eigenvalue weighted by molar-refractivity contribution is 7.89. The number of nitrogens with one attached hydrogen (secondary N) is 2. The summed E-state index contributed by atoms with van der Waals surface area (Å²) in [5, 5.41) is 6.74. The zero-order chi connectivity index (χ0) is 23.0. The van der Waals surface area contributed by atoms with Gasteiger partial charge in [0.05, 0.1) is 10.9 Å². The lowest BCUT2D eigenvalue weighted by atomic mass is 10.1. The average molecular weight is 455 g/mol. The molecule has 0 bridgehead atoms. The first kappa shape index (κ1) is 22.2. The minimum atomic E-state index is -3.97. The van der Waals surface area contributed by atoms with E-state index in [-0.39, 0.29) is 4.90 Å². The number of hydrogen-bond acceptors (Lipinski definition) is 6. The van der Waals surface area contributed by atoms with Crippen LogP contribution in [0.5, 0.6) is 0 Å².